The lowest BCUT2D eigenvalue weighted by Gasteiger charge is -2.01. The maximum atomic E-state index is 3.56. The second-order valence-corrected chi connectivity index (χ2v) is 5.85. The molecule has 0 aliphatic heterocycles. The third kappa shape index (κ3) is 1.84. The van der Waals surface area contributed by atoms with E-state index in [9.17, 15) is 0 Å². The van der Waals surface area contributed by atoms with E-state index in [2.05, 4.69) is 87.5 Å². The van der Waals surface area contributed by atoms with Crippen molar-refractivity contribution in [2.45, 2.75) is 0 Å². The van der Waals surface area contributed by atoms with Gasteiger partial charge in [0.2, 0.25) is 0 Å². The number of aromatic nitrogens is 1. The first-order valence-electron chi connectivity index (χ1n) is 6.57. The molecule has 0 radical (unpaired) electrons. The third-order valence-electron chi connectivity index (χ3n) is 3.66. The van der Waals surface area contributed by atoms with Crippen LogP contribution in [0.15, 0.2) is 77.5 Å². The second-order valence-electron chi connectivity index (χ2n) is 4.93. The number of para-hydroxylation sites is 1. The minimum absolute atomic E-state index is 1.12. The van der Waals surface area contributed by atoms with Gasteiger partial charge in [0.25, 0.3) is 0 Å². The number of fused-ring (bicyclic) bond motifs is 3. The molecule has 0 spiro atoms. The predicted molar refractivity (Wildman–Crippen MR) is 88.5 cm³/mol. The molecule has 2 heteroatoms. The quantitative estimate of drug-likeness (QED) is 0.433. The number of benzene rings is 3. The van der Waals surface area contributed by atoms with Gasteiger partial charge in [-0.1, -0.05) is 52.3 Å². The Labute approximate surface area is 125 Å². The Morgan fingerprint density at radius 3 is 2.30 bits per heavy atom. The molecule has 1 heterocycles. The van der Waals surface area contributed by atoms with Gasteiger partial charge in [-0.25, -0.2) is 0 Å². The van der Waals surface area contributed by atoms with Crippen molar-refractivity contribution >= 4 is 37.5 Å². The summed E-state index contributed by atoms with van der Waals surface area (Å²) in [6.07, 6.45) is 4.39. The number of halogens is 1. The first-order valence-corrected chi connectivity index (χ1v) is 7.36. The van der Waals surface area contributed by atoms with Crippen molar-refractivity contribution in [2.24, 2.45) is 0 Å². The summed E-state index contributed by atoms with van der Waals surface area (Å²) in [4.78, 5) is 0. The number of rotatable bonds is 1. The summed E-state index contributed by atoms with van der Waals surface area (Å²) >= 11 is 3.56. The topological polar surface area (TPSA) is 4.93 Å². The SMILES string of the molecule is Brc1ccc2ccc3cn(-c4ccccc4)cc3c2c1. The van der Waals surface area contributed by atoms with Gasteiger partial charge in [-0.05, 0) is 35.0 Å². The Bertz CT molecular complexity index is 907. The number of nitrogens with zero attached hydrogens (tertiary/aromatic N) is 1. The summed E-state index contributed by atoms with van der Waals surface area (Å²) in [5.41, 5.74) is 1.19. The van der Waals surface area contributed by atoms with E-state index in [0.717, 1.165) is 4.47 Å². The minimum atomic E-state index is 1.12. The first-order chi connectivity index (χ1) is 9.81. The molecule has 3 aromatic carbocycles. The number of hydrogen-bond acceptors (Lipinski definition) is 0. The van der Waals surface area contributed by atoms with Crippen LogP contribution < -0.4 is 0 Å². The molecule has 4 aromatic rings. The lowest BCUT2D eigenvalue weighted by molar-refractivity contribution is 1.09. The highest BCUT2D eigenvalue weighted by Gasteiger charge is 2.05. The molecule has 20 heavy (non-hydrogen) atoms. The zero-order valence-corrected chi connectivity index (χ0v) is 12.3. The van der Waals surface area contributed by atoms with Gasteiger partial charge in [-0.2, -0.15) is 0 Å². The molecule has 0 bridgehead atoms. The largest absolute Gasteiger partial charge is 0.323 e. The van der Waals surface area contributed by atoms with Gasteiger partial charge >= 0.3 is 0 Å². The van der Waals surface area contributed by atoms with E-state index in [1.165, 1.54) is 27.2 Å². The molecule has 96 valence electrons. The highest BCUT2D eigenvalue weighted by atomic mass is 79.9. The lowest BCUT2D eigenvalue weighted by atomic mass is 10.1. The van der Waals surface area contributed by atoms with Crippen LogP contribution in [-0.2, 0) is 0 Å². The van der Waals surface area contributed by atoms with E-state index in [-0.39, 0.29) is 0 Å². The van der Waals surface area contributed by atoms with Crippen LogP contribution >= 0.6 is 15.9 Å². The average molecular weight is 322 g/mol. The van der Waals surface area contributed by atoms with Crippen molar-refractivity contribution in [3.05, 3.63) is 77.5 Å². The Balaban J connectivity index is 2.04. The molecule has 0 saturated carbocycles. The van der Waals surface area contributed by atoms with Crippen molar-refractivity contribution in [3.63, 3.8) is 0 Å². The molecule has 0 fully saturated rings. The summed E-state index contributed by atoms with van der Waals surface area (Å²) < 4.78 is 3.30. The normalized spacial score (nSPS) is 11.2. The molecular weight excluding hydrogens is 310 g/mol. The van der Waals surface area contributed by atoms with Crippen LogP contribution in [0, 0.1) is 0 Å². The second kappa shape index (κ2) is 4.50. The first kappa shape index (κ1) is 11.7. The summed E-state index contributed by atoms with van der Waals surface area (Å²) in [6.45, 7) is 0. The highest BCUT2D eigenvalue weighted by molar-refractivity contribution is 9.10. The van der Waals surface area contributed by atoms with Gasteiger partial charge in [-0.3, -0.25) is 0 Å². The fraction of sp³-hybridized carbons (Fsp3) is 0. The molecule has 0 saturated heterocycles. The minimum Gasteiger partial charge on any atom is -0.323 e. The smallest absolute Gasteiger partial charge is 0.0449 e. The fourth-order valence-corrected chi connectivity index (χ4v) is 3.03. The van der Waals surface area contributed by atoms with Crippen LogP contribution in [0.25, 0.3) is 27.2 Å². The summed E-state index contributed by atoms with van der Waals surface area (Å²) in [5, 5.41) is 5.10. The maximum Gasteiger partial charge on any atom is 0.0449 e. The van der Waals surface area contributed by atoms with Gasteiger partial charge in [-0.15, -0.1) is 0 Å². The van der Waals surface area contributed by atoms with Crippen LogP contribution in [0.1, 0.15) is 0 Å². The van der Waals surface area contributed by atoms with Gasteiger partial charge in [0.15, 0.2) is 0 Å². The van der Waals surface area contributed by atoms with Gasteiger partial charge in [0, 0.05) is 33.3 Å². The summed E-state index contributed by atoms with van der Waals surface area (Å²) in [5.74, 6) is 0. The highest BCUT2D eigenvalue weighted by Crippen LogP contribution is 2.29. The predicted octanol–water partition coefficient (Wildman–Crippen LogP) is 5.55. The van der Waals surface area contributed by atoms with Gasteiger partial charge in [0.05, 0.1) is 0 Å². The van der Waals surface area contributed by atoms with E-state index in [1.807, 2.05) is 6.07 Å². The van der Waals surface area contributed by atoms with E-state index in [0.29, 0.717) is 0 Å². The standard InChI is InChI=1S/C18H12BrN/c19-15-9-8-13-6-7-14-11-20(12-18(14)17(13)10-15)16-4-2-1-3-5-16/h1-12H. The van der Waals surface area contributed by atoms with Crippen molar-refractivity contribution in [1.82, 2.24) is 4.57 Å². The van der Waals surface area contributed by atoms with E-state index in [1.54, 1.807) is 0 Å². The molecule has 1 nitrogen and oxygen atoms in total. The van der Waals surface area contributed by atoms with Crippen LogP contribution in [-0.4, -0.2) is 4.57 Å². The average Bonchev–Trinajstić information content (AvgIpc) is 2.93. The molecular formula is C18H12BrN. The fourth-order valence-electron chi connectivity index (χ4n) is 2.66. The van der Waals surface area contributed by atoms with Gasteiger partial charge in [0.1, 0.15) is 0 Å². The summed E-state index contributed by atoms with van der Waals surface area (Å²) in [7, 11) is 0. The molecule has 0 unspecified atom stereocenters. The molecule has 0 atom stereocenters. The molecule has 4 rings (SSSR count). The summed E-state index contributed by atoms with van der Waals surface area (Å²) in [6, 6.07) is 21.2. The van der Waals surface area contributed by atoms with Gasteiger partial charge < -0.3 is 4.57 Å². The lowest BCUT2D eigenvalue weighted by Crippen LogP contribution is -1.87. The molecule has 0 N–H and O–H groups in total. The van der Waals surface area contributed by atoms with Crippen molar-refractivity contribution in [2.75, 3.05) is 0 Å². The van der Waals surface area contributed by atoms with Crippen molar-refractivity contribution < 1.29 is 0 Å². The van der Waals surface area contributed by atoms with Crippen LogP contribution in [0.4, 0.5) is 0 Å². The van der Waals surface area contributed by atoms with E-state index in [4.69, 9.17) is 0 Å². The van der Waals surface area contributed by atoms with Crippen LogP contribution in [0.3, 0.4) is 0 Å². The van der Waals surface area contributed by atoms with Crippen molar-refractivity contribution in [3.8, 4) is 5.69 Å². The Hall–Kier alpha value is -2.06. The van der Waals surface area contributed by atoms with Crippen LogP contribution in [0.5, 0.6) is 0 Å². The Morgan fingerprint density at radius 1 is 0.700 bits per heavy atom. The van der Waals surface area contributed by atoms with E-state index >= 15 is 0 Å². The zero-order chi connectivity index (χ0) is 13.5. The third-order valence-corrected chi connectivity index (χ3v) is 4.15. The molecule has 0 amide bonds. The Kier molecular flexibility index (Phi) is 2.64. The monoisotopic (exact) mass is 321 g/mol. The molecule has 1 aromatic heterocycles. The van der Waals surface area contributed by atoms with Crippen molar-refractivity contribution in [1.29, 1.82) is 0 Å². The van der Waals surface area contributed by atoms with Crippen LogP contribution in [0.2, 0.25) is 0 Å². The maximum absolute atomic E-state index is 3.56. The number of hydrogen-bond donors (Lipinski definition) is 0. The van der Waals surface area contributed by atoms with E-state index < -0.39 is 0 Å². The molecule has 0 aliphatic rings. The Morgan fingerprint density at radius 2 is 1.45 bits per heavy atom. The molecule has 0 aliphatic carbocycles. The zero-order valence-electron chi connectivity index (χ0n) is 10.8.